The number of allylic oxidation sites excluding steroid dienone is 2. The molecule has 1 fully saturated rings. The number of aliphatic hydroxyl groups excluding tert-OH is 1. The van der Waals surface area contributed by atoms with Crippen molar-refractivity contribution < 1.29 is 24.5 Å². The maximum absolute atomic E-state index is 12.7. The monoisotopic (exact) mass is 548 g/mol. The molecular weight excluding hydrogens is 512 g/mol. The maximum atomic E-state index is 12.7. The fourth-order valence-corrected chi connectivity index (χ4v) is 5.60. The lowest BCUT2D eigenvalue weighted by Crippen LogP contribution is -2.02. The number of phenolic OH excluding ortho intramolecular Hbond substituents is 1. The molecule has 1 heterocycles. The largest absolute Gasteiger partial charge is 0.507 e. The number of hydrogen-bond acceptors (Lipinski definition) is 5. The van der Waals surface area contributed by atoms with Gasteiger partial charge >= 0.3 is 0 Å². The van der Waals surface area contributed by atoms with E-state index in [1.165, 1.54) is 12.2 Å². The fourth-order valence-electron chi connectivity index (χ4n) is 5.60. The molecule has 0 radical (unpaired) electrons. The SMILES string of the molecule is Cc1cc(C)c(/C(O)=C/C(=O)/C=C/[C@H]2O[C@@H]2C)c(-c2c(COCc3ccccc3)cc3cc(C)cc(C)c3c2O)c1. The lowest BCUT2D eigenvalue weighted by Gasteiger charge is -2.21. The van der Waals surface area contributed by atoms with E-state index in [1.54, 1.807) is 6.08 Å². The molecule has 0 saturated carbocycles. The Morgan fingerprint density at radius 2 is 1.63 bits per heavy atom. The summed E-state index contributed by atoms with van der Waals surface area (Å²) in [6.07, 6.45) is 4.40. The zero-order valence-corrected chi connectivity index (χ0v) is 24.2. The van der Waals surface area contributed by atoms with Crippen molar-refractivity contribution in [3.05, 3.63) is 118 Å². The molecular formula is C36H36O5. The lowest BCUT2D eigenvalue weighted by molar-refractivity contribution is -0.110. The molecule has 1 aliphatic heterocycles. The predicted octanol–water partition coefficient (Wildman–Crippen LogP) is 7.97. The minimum Gasteiger partial charge on any atom is -0.507 e. The summed E-state index contributed by atoms with van der Waals surface area (Å²) in [5, 5.41) is 24.9. The van der Waals surface area contributed by atoms with Gasteiger partial charge in [-0.2, -0.15) is 0 Å². The molecule has 210 valence electrons. The molecule has 0 spiro atoms. The Hall–Kier alpha value is -4.19. The van der Waals surface area contributed by atoms with Crippen LogP contribution in [0.3, 0.4) is 0 Å². The minimum absolute atomic E-state index is 0.0639. The van der Waals surface area contributed by atoms with Crippen LogP contribution >= 0.6 is 0 Å². The number of phenols is 1. The van der Waals surface area contributed by atoms with Crippen molar-refractivity contribution in [2.45, 2.75) is 60.0 Å². The van der Waals surface area contributed by atoms with Gasteiger partial charge in [-0.3, -0.25) is 4.79 Å². The first-order valence-corrected chi connectivity index (χ1v) is 13.9. The molecule has 0 unspecified atom stereocenters. The standard InChI is InChI=1S/C36H36O5/c1-21-13-23(3)33-27(15-21)17-28(20-40-19-26-9-7-6-8-10-26)35(36(33)39)30-16-22(2)14-24(4)34(30)31(38)18-29(37)11-12-32-25(5)41-32/h6-18,25,32,38-39H,19-20H2,1-5H3/b12-11+,31-18-/t25-,32-/m1/s1. The van der Waals surface area contributed by atoms with Gasteiger partial charge in [-0.05, 0) is 86.0 Å². The Balaban J connectivity index is 1.64. The van der Waals surface area contributed by atoms with Crippen molar-refractivity contribution in [3.63, 3.8) is 0 Å². The molecule has 5 nitrogen and oxygen atoms in total. The highest BCUT2D eigenvalue weighted by Crippen LogP contribution is 2.44. The highest BCUT2D eigenvalue weighted by Gasteiger charge is 2.31. The molecule has 2 N–H and O–H groups in total. The van der Waals surface area contributed by atoms with Crippen LogP contribution in [0.1, 0.15) is 45.9 Å². The molecule has 4 aromatic carbocycles. The first-order chi connectivity index (χ1) is 19.6. The maximum Gasteiger partial charge on any atom is 0.182 e. The van der Waals surface area contributed by atoms with Crippen molar-refractivity contribution in [3.8, 4) is 16.9 Å². The van der Waals surface area contributed by atoms with Gasteiger partial charge in [0.2, 0.25) is 0 Å². The molecule has 1 aliphatic rings. The van der Waals surface area contributed by atoms with Crippen LogP contribution in [0, 0.1) is 27.7 Å². The molecule has 5 heteroatoms. The summed E-state index contributed by atoms with van der Waals surface area (Å²) in [6, 6.07) is 20.0. The molecule has 5 rings (SSSR count). The second kappa shape index (κ2) is 11.7. The number of benzene rings is 4. The lowest BCUT2D eigenvalue weighted by atomic mass is 9.86. The predicted molar refractivity (Wildman–Crippen MR) is 164 cm³/mol. The second-order valence-electron chi connectivity index (χ2n) is 11.0. The van der Waals surface area contributed by atoms with Gasteiger partial charge in [0.15, 0.2) is 5.78 Å². The average molecular weight is 549 g/mol. The number of aliphatic hydroxyl groups is 1. The van der Waals surface area contributed by atoms with E-state index in [1.807, 2.05) is 83.1 Å². The van der Waals surface area contributed by atoms with Crippen LogP contribution in [-0.4, -0.2) is 28.2 Å². The molecule has 41 heavy (non-hydrogen) atoms. The number of aryl methyl sites for hydroxylation is 4. The first-order valence-electron chi connectivity index (χ1n) is 13.9. The van der Waals surface area contributed by atoms with Gasteiger partial charge in [-0.15, -0.1) is 0 Å². The van der Waals surface area contributed by atoms with Crippen molar-refractivity contribution in [1.82, 2.24) is 0 Å². The number of carbonyl (C=O) groups excluding carboxylic acids is 1. The zero-order valence-electron chi connectivity index (χ0n) is 24.2. The highest BCUT2D eigenvalue weighted by atomic mass is 16.6. The summed E-state index contributed by atoms with van der Waals surface area (Å²) in [6.45, 7) is 10.5. The zero-order chi connectivity index (χ0) is 29.3. The van der Waals surface area contributed by atoms with Crippen molar-refractivity contribution >= 4 is 22.3 Å². The quantitative estimate of drug-likeness (QED) is 0.126. The van der Waals surface area contributed by atoms with Crippen LogP contribution in [0.5, 0.6) is 5.75 Å². The number of fused-ring (bicyclic) bond motifs is 1. The third-order valence-corrected chi connectivity index (χ3v) is 7.50. The Labute approximate surface area is 241 Å². The molecule has 0 bridgehead atoms. The topological polar surface area (TPSA) is 79.3 Å². The molecule has 2 atom stereocenters. The van der Waals surface area contributed by atoms with E-state index in [2.05, 4.69) is 12.1 Å². The number of ketones is 1. The van der Waals surface area contributed by atoms with Gasteiger partial charge in [0.05, 0.1) is 19.3 Å². The van der Waals surface area contributed by atoms with Crippen LogP contribution in [0.2, 0.25) is 0 Å². The van der Waals surface area contributed by atoms with Crippen molar-refractivity contribution in [2.75, 3.05) is 0 Å². The van der Waals surface area contributed by atoms with E-state index in [0.29, 0.717) is 23.3 Å². The summed E-state index contributed by atoms with van der Waals surface area (Å²) in [7, 11) is 0. The number of rotatable bonds is 9. The van der Waals surface area contributed by atoms with E-state index >= 15 is 0 Å². The Morgan fingerprint density at radius 3 is 2.34 bits per heavy atom. The van der Waals surface area contributed by atoms with Crippen LogP contribution < -0.4 is 0 Å². The first kappa shape index (κ1) is 28.3. The second-order valence-corrected chi connectivity index (χ2v) is 11.0. The summed E-state index contributed by atoms with van der Waals surface area (Å²) in [5.41, 5.74) is 7.39. The van der Waals surface area contributed by atoms with Gasteiger partial charge in [0, 0.05) is 22.6 Å². The summed E-state index contributed by atoms with van der Waals surface area (Å²) >= 11 is 0. The normalized spacial score (nSPS) is 17.0. The van der Waals surface area contributed by atoms with E-state index in [0.717, 1.165) is 44.2 Å². The van der Waals surface area contributed by atoms with Crippen molar-refractivity contribution in [1.29, 1.82) is 0 Å². The van der Waals surface area contributed by atoms with Gasteiger partial charge < -0.3 is 19.7 Å². The van der Waals surface area contributed by atoms with Gasteiger partial charge in [0.1, 0.15) is 17.6 Å². The Bertz CT molecular complexity index is 1680. The number of hydrogen-bond donors (Lipinski definition) is 2. The van der Waals surface area contributed by atoms with Crippen LogP contribution in [-0.2, 0) is 27.5 Å². The van der Waals surface area contributed by atoms with Crippen LogP contribution in [0.4, 0.5) is 0 Å². The van der Waals surface area contributed by atoms with Crippen LogP contribution in [0.25, 0.3) is 27.7 Å². The van der Waals surface area contributed by atoms with Gasteiger partial charge in [0.25, 0.3) is 0 Å². The summed E-state index contributed by atoms with van der Waals surface area (Å²) < 4.78 is 11.5. The van der Waals surface area contributed by atoms with Gasteiger partial charge in [-0.1, -0.05) is 65.7 Å². The smallest absolute Gasteiger partial charge is 0.182 e. The third-order valence-electron chi connectivity index (χ3n) is 7.50. The van der Waals surface area contributed by atoms with Gasteiger partial charge in [-0.25, -0.2) is 0 Å². The fraction of sp³-hybridized carbons (Fsp3) is 0.250. The van der Waals surface area contributed by atoms with E-state index in [4.69, 9.17) is 9.47 Å². The number of carbonyl (C=O) groups is 1. The van der Waals surface area contributed by atoms with E-state index in [-0.39, 0.29) is 36.1 Å². The molecule has 0 aliphatic carbocycles. The highest BCUT2D eigenvalue weighted by molar-refractivity contribution is 6.05. The number of ether oxygens (including phenoxy) is 2. The molecule has 1 saturated heterocycles. The molecule has 0 amide bonds. The Morgan fingerprint density at radius 1 is 0.951 bits per heavy atom. The summed E-state index contributed by atoms with van der Waals surface area (Å²) in [5.74, 6) is -0.367. The Kier molecular flexibility index (Phi) is 8.11. The average Bonchev–Trinajstić information content (AvgIpc) is 3.62. The molecule has 0 aromatic heterocycles. The molecule has 4 aromatic rings. The summed E-state index contributed by atoms with van der Waals surface area (Å²) in [4.78, 5) is 12.7. The number of aromatic hydroxyl groups is 1. The van der Waals surface area contributed by atoms with E-state index < -0.39 is 0 Å². The van der Waals surface area contributed by atoms with Crippen LogP contribution in [0.15, 0.2) is 78.9 Å². The minimum atomic E-state index is -0.336. The third kappa shape index (κ3) is 6.27. The van der Waals surface area contributed by atoms with E-state index in [9.17, 15) is 15.0 Å². The number of epoxide rings is 1. The van der Waals surface area contributed by atoms with Crippen molar-refractivity contribution in [2.24, 2.45) is 0 Å².